The number of aryl methyl sites for hydroxylation is 1. The molecule has 0 radical (unpaired) electrons. The number of ether oxygens (including phenoxy) is 2. The van der Waals surface area contributed by atoms with Gasteiger partial charge in [0.1, 0.15) is 16.0 Å². The van der Waals surface area contributed by atoms with Crippen molar-refractivity contribution in [2.24, 2.45) is 7.05 Å². The van der Waals surface area contributed by atoms with E-state index in [0.29, 0.717) is 10.5 Å². The summed E-state index contributed by atoms with van der Waals surface area (Å²) in [4.78, 5) is 14.2. The third kappa shape index (κ3) is 3.95. The second-order valence-corrected chi connectivity index (χ2v) is 7.07. The average Bonchev–Trinajstić information content (AvgIpc) is 2.67. The third-order valence-corrected chi connectivity index (χ3v) is 5.36. The first-order chi connectivity index (χ1) is 12.5. The Morgan fingerprint density at radius 1 is 1.15 bits per heavy atom. The number of nitrogens with zero attached hydrogens (tertiary/aromatic N) is 3. The lowest BCUT2D eigenvalue weighted by Gasteiger charge is -2.34. The predicted molar refractivity (Wildman–Crippen MR) is 106 cm³/mol. The van der Waals surface area contributed by atoms with Crippen LogP contribution in [0.15, 0.2) is 33.7 Å². The second kappa shape index (κ2) is 7.99. The molecule has 140 valence electrons. The topological polar surface area (TPSA) is 68.6 Å². The van der Waals surface area contributed by atoms with Crippen LogP contribution < -0.4 is 25.2 Å². The van der Waals surface area contributed by atoms with Crippen molar-refractivity contribution in [2.45, 2.75) is 18.9 Å². The molecule has 0 spiro atoms. The highest BCUT2D eigenvalue weighted by Gasteiger charge is 2.22. The predicted octanol–water partition coefficient (Wildman–Crippen LogP) is 2.64. The van der Waals surface area contributed by atoms with Gasteiger partial charge >= 0.3 is 0 Å². The van der Waals surface area contributed by atoms with Gasteiger partial charge in [-0.2, -0.15) is 5.10 Å². The van der Waals surface area contributed by atoms with Crippen molar-refractivity contribution in [1.29, 1.82) is 0 Å². The van der Waals surface area contributed by atoms with Gasteiger partial charge in [-0.3, -0.25) is 4.79 Å². The molecule has 2 heterocycles. The van der Waals surface area contributed by atoms with E-state index in [1.807, 2.05) is 18.2 Å². The molecule has 0 aliphatic carbocycles. The molecule has 0 saturated carbocycles. The summed E-state index contributed by atoms with van der Waals surface area (Å²) in [5.74, 6) is 1.53. The molecule has 1 aliphatic heterocycles. The highest BCUT2D eigenvalue weighted by atomic mass is 79.9. The van der Waals surface area contributed by atoms with Crippen molar-refractivity contribution >= 4 is 27.3 Å². The summed E-state index contributed by atoms with van der Waals surface area (Å²) in [5, 5.41) is 7.69. The molecule has 1 fully saturated rings. The van der Waals surface area contributed by atoms with E-state index in [2.05, 4.69) is 31.2 Å². The molecule has 0 atom stereocenters. The van der Waals surface area contributed by atoms with Crippen LogP contribution in [0.2, 0.25) is 0 Å². The standard InChI is InChI=1S/C18H23BrN4O3/c1-22-18(24)17(19)16(11-20-22)23-6-4-12(5-7-23)21-13-8-14(25-2)10-15(9-13)26-3/h8-12,21H,4-7H2,1-3H3. The number of aromatic nitrogens is 2. The van der Waals surface area contributed by atoms with Crippen molar-refractivity contribution in [1.82, 2.24) is 9.78 Å². The van der Waals surface area contributed by atoms with Gasteiger partial charge in [-0.25, -0.2) is 4.68 Å². The Bertz CT molecular complexity index is 809. The zero-order valence-corrected chi connectivity index (χ0v) is 16.7. The van der Waals surface area contributed by atoms with Gasteiger partial charge in [0.25, 0.3) is 5.56 Å². The molecule has 8 heteroatoms. The SMILES string of the molecule is COc1cc(NC2CCN(c3cnn(C)c(=O)c3Br)CC2)cc(OC)c1. The number of rotatable bonds is 5. The Balaban J connectivity index is 1.66. The Morgan fingerprint density at radius 2 is 1.77 bits per heavy atom. The van der Waals surface area contributed by atoms with Crippen LogP contribution in [0.3, 0.4) is 0 Å². The quantitative estimate of drug-likeness (QED) is 0.798. The Morgan fingerprint density at radius 3 is 2.35 bits per heavy atom. The van der Waals surface area contributed by atoms with E-state index in [0.717, 1.165) is 48.8 Å². The van der Waals surface area contributed by atoms with E-state index in [1.165, 1.54) is 4.68 Å². The molecule has 1 saturated heterocycles. The number of halogens is 1. The average molecular weight is 423 g/mol. The number of piperidine rings is 1. The monoisotopic (exact) mass is 422 g/mol. The molecule has 1 aromatic carbocycles. The summed E-state index contributed by atoms with van der Waals surface area (Å²) in [6.45, 7) is 1.71. The van der Waals surface area contributed by atoms with Crippen LogP contribution in [0, 0.1) is 0 Å². The van der Waals surface area contributed by atoms with Crippen LogP contribution in [0.4, 0.5) is 11.4 Å². The highest BCUT2D eigenvalue weighted by Crippen LogP contribution is 2.29. The van der Waals surface area contributed by atoms with Gasteiger partial charge in [-0.05, 0) is 28.8 Å². The molecule has 3 rings (SSSR count). The number of methoxy groups -OCH3 is 2. The zero-order valence-electron chi connectivity index (χ0n) is 15.2. The minimum Gasteiger partial charge on any atom is -0.497 e. The maximum absolute atomic E-state index is 12.0. The molecule has 1 N–H and O–H groups in total. The van der Waals surface area contributed by atoms with Gasteiger partial charge in [-0.15, -0.1) is 0 Å². The van der Waals surface area contributed by atoms with E-state index >= 15 is 0 Å². The first kappa shape index (κ1) is 18.6. The van der Waals surface area contributed by atoms with Crippen LogP contribution in [-0.2, 0) is 7.05 Å². The van der Waals surface area contributed by atoms with Crippen LogP contribution >= 0.6 is 15.9 Å². The largest absolute Gasteiger partial charge is 0.497 e. The lowest BCUT2D eigenvalue weighted by molar-refractivity contribution is 0.394. The number of benzene rings is 1. The number of hydrogen-bond acceptors (Lipinski definition) is 6. The lowest BCUT2D eigenvalue weighted by atomic mass is 10.0. The summed E-state index contributed by atoms with van der Waals surface area (Å²) < 4.78 is 12.5. The van der Waals surface area contributed by atoms with Crippen molar-refractivity contribution in [3.63, 3.8) is 0 Å². The normalized spacial score (nSPS) is 15.0. The van der Waals surface area contributed by atoms with Crippen molar-refractivity contribution in [3.8, 4) is 11.5 Å². The molecule has 0 unspecified atom stereocenters. The van der Waals surface area contributed by atoms with Crippen molar-refractivity contribution < 1.29 is 9.47 Å². The summed E-state index contributed by atoms with van der Waals surface area (Å²) in [6, 6.07) is 6.14. The zero-order chi connectivity index (χ0) is 18.7. The summed E-state index contributed by atoms with van der Waals surface area (Å²) in [6.07, 6.45) is 3.66. The maximum Gasteiger partial charge on any atom is 0.282 e. The minimum absolute atomic E-state index is 0.119. The minimum atomic E-state index is -0.119. The Hall–Kier alpha value is -2.22. The Labute approximate surface area is 161 Å². The van der Waals surface area contributed by atoms with Gasteiger partial charge in [0, 0.05) is 50.1 Å². The smallest absolute Gasteiger partial charge is 0.282 e. The number of anilines is 2. The third-order valence-electron chi connectivity index (χ3n) is 4.62. The van der Waals surface area contributed by atoms with E-state index in [9.17, 15) is 4.79 Å². The lowest BCUT2D eigenvalue weighted by Crippen LogP contribution is -2.40. The molecular weight excluding hydrogens is 400 g/mol. The molecule has 7 nitrogen and oxygen atoms in total. The first-order valence-corrected chi connectivity index (χ1v) is 9.27. The van der Waals surface area contributed by atoms with E-state index < -0.39 is 0 Å². The van der Waals surface area contributed by atoms with E-state index in [1.54, 1.807) is 27.5 Å². The molecule has 1 aliphatic rings. The fourth-order valence-corrected chi connectivity index (χ4v) is 3.72. The van der Waals surface area contributed by atoms with Crippen LogP contribution in [-0.4, -0.2) is 43.1 Å². The summed E-state index contributed by atoms with van der Waals surface area (Å²) in [7, 11) is 4.94. The maximum atomic E-state index is 12.0. The first-order valence-electron chi connectivity index (χ1n) is 8.48. The van der Waals surface area contributed by atoms with Gasteiger partial charge in [0.15, 0.2) is 0 Å². The van der Waals surface area contributed by atoms with Gasteiger partial charge in [-0.1, -0.05) is 0 Å². The van der Waals surface area contributed by atoms with Crippen LogP contribution in [0.5, 0.6) is 11.5 Å². The van der Waals surface area contributed by atoms with Gasteiger partial charge in [0.05, 0.1) is 26.1 Å². The van der Waals surface area contributed by atoms with Crippen molar-refractivity contribution in [3.05, 3.63) is 39.2 Å². The number of nitrogens with one attached hydrogen (secondary N) is 1. The van der Waals surface area contributed by atoms with Crippen LogP contribution in [0.25, 0.3) is 0 Å². The molecule has 26 heavy (non-hydrogen) atoms. The summed E-state index contributed by atoms with van der Waals surface area (Å²) in [5.41, 5.74) is 1.72. The van der Waals surface area contributed by atoms with E-state index in [4.69, 9.17) is 9.47 Å². The molecule has 0 amide bonds. The van der Waals surface area contributed by atoms with Gasteiger partial charge in [0.2, 0.25) is 0 Å². The number of hydrogen-bond donors (Lipinski definition) is 1. The Kier molecular flexibility index (Phi) is 5.70. The fraction of sp³-hybridized carbons (Fsp3) is 0.444. The van der Waals surface area contributed by atoms with Crippen LogP contribution in [0.1, 0.15) is 12.8 Å². The molecule has 2 aromatic rings. The molecular formula is C18H23BrN4O3. The summed E-state index contributed by atoms with van der Waals surface area (Å²) >= 11 is 3.41. The highest BCUT2D eigenvalue weighted by molar-refractivity contribution is 9.10. The fourth-order valence-electron chi connectivity index (χ4n) is 3.11. The van der Waals surface area contributed by atoms with E-state index in [-0.39, 0.29) is 5.56 Å². The van der Waals surface area contributed by atoms with Gasteiger partial charge < -0.3 is 19.7 Å². The molecule has 0 bridgehead atoms. The molecule has 1 aromatic heterocycles. The van der Waals surface area contributed by atoms with Crippen molar-refractivity contribution in [2.75, 3.05) is 37.5 Å². The second-order valence-electron chi connectivity index (χ2n) is 6.28.